The summed E-state index contributed by atoms with van der Waals surface area (Å²) in [6, 6.07) is 65.9. The second kappa shape index (κ2) is 11.8. The van der Waals surface area contributed by atoms with Crippen LogP contribution >= 0.6 is 0 Å². The second-order valence-electron chi connectivity index (χ2n) is 14.0. The van der Waals surface area contributed by atoms with E-state index in [1.54, 1.807) is 0 Å². The lowest BCUT2D eigenvalue weighted by Crippen LogP contribution is -2.00. The van der Waals surface area contributed by atoms with Gasteiger partial charge in [0.1, 0.15) is 6.07 Å². The molecular weight excluding hydrogens is 671 g/mol. The third-order valence-electron chi connectivity index (χ3n) is 11.1. The van der Waals surface area contributed by atoms with Crippen LogP contribution in [0.1, 0.15) is 11.1 Å². The van der Waals surface area contributed by atoms with Crippen molar-refractivity contribution >= 4 is 65.4 Å². The molecule has 55 heavy (non-hydrogen) atoms. The zero-order valence-electron chi connectivity index (χ0n) is 29.5. The molecule has 254 valence electrons. The summed E-state index contributed by atoms with van der Waals surface area (Å²) in [6.45, 7) is 0. The largest absolute Gasteiger partial charge is 0.309 e. The number of benzene rings is 8. The average Bonchev–Trinajstić information content (AvgIpc) is 3.88. The Morgan fingerprint density at radius 3 is 1.44 bits per heavy atom. The van der Waals surface area contributed by atoms with Crippen molar-refractivity contribution in [3.8, 4) is 40.3 Å². The van der Waals surface area contributed by atoms with Gasteiger partial charge in [0.25, 0.3) is 0 Å². The molecule has 0 amide bonds. The molecular formula is C50H29N5. The molecule has 8 aromatic carbocycles. The summed E-state index contributed by atoms with van der Waals surface area (Å²) in [5, 5.41) is 27.5. The molecule has 5 heteroatoms. The third kappa shape index (κ3) is 4.45. The van der Waals surface area contributed by atoms with E-state index in [9.17, 15) is 10.5 Å². The van der Waals surface area contributed by atoms with Gasteiger partial charge >= 0.3 is 0 Å². The Balaban J connectivity index is 1.12. The number of nitrogens with zero attached hydrogens (tertiary/aromatic N) is 5. The van der Waals surface area contributed by atoms with Gasteiger partial charge < -0.3 is 13.7 Å². The standard InChI is InChI=1S/C50H29N5/c51-30-32-21-24-49-41(27-32)42-29-35(53-45-17-7-2-12-37(45)38-13-3-8-18-46(38)53)23-26-50(42)54(49)43-25-22-33(28-34(43)31-52)36-11-1-6-16-44(36)55-47-19-9-4-14-39(47)40-15-5-10-20-48(40)55/h1-29H. The van der Waals surface area contributed by atoms with Gasteiger partial charge in [0, 0.05) is 43.6 Å². The summed E-state index contributed by atoms with van der Waals surface area (Å²) in [7, 11) is 0. The van der Waals surface area contributed by atoms with Crippen LogP contribution in [0.25, 0.3) is 93.6 Å². The van der Waals surface area contributed by atoms with Crippen LogP contribution in [0.3, 0.4) is 0 Å². The normalized spacial score (nSPS) is 11.6. The summed E-state index contributed by atoms with van der Waals surface area (Å²) in [5.74, 6) is 0. The Kier molecular flexibility index (Phi) is 6.61. The van der Waals surface area contributed by atoms with Gasteiger partial charge in [-0.1, -0.05) is 97.1 Å². The van der Waals surface area contributed by atoms with Gasteiger partial charge in [0.05, 0.1) is 61.7 Å². The minimum absolute atomic E-state index is 0.559. The van der Waals surface area contributed by atoms with E-state index < -0.39 is 0 Å². The highest BCUT2D eigenvalue weighted by atomic mass is 15.0. The maximum Gasteiger partial charge on any atom is 0.101 e. The molecule has 5 nitrogen and oxygen atoms in total. The molecule has 0 spiro atoms. The van der Waals surface area contributed by atoms with Gasteiger partial charge in [-0.15, -0.1) is 0 Å². The maximum absolute atomic E-state index is 10.8. The molecule has 3 heterocycles. The van der Waals surface area contributed by atoms with Gasteiger partial charge in [-0.05, 0) is 84.4 Å². The quantitative estimate of drug-likeness (QED) is 0.184. The first kappa shape index (κ1) is 30.7. The van der Waals surface area contributed by atoms with Gasteiger partial charge in [-0.2, -0.15) is 10.5 Å². The summed E-state index contributed by atoms with van der Waals surface area (Å²) in [5.41, 5.74) is 12.4. The zero-order valence-corrected chi connectivity index (χ0v) is 29.5. The lowest BCUT2D eigenvalue weighted by molar-refractivity contribution is 1.15. The first-order valence-corrected chi connectivity index (χ1v) is 18.3. The van der Waals surface area contributed by atoms with Gasteiger partial charge in [-0.3, -0.25) is 0 Å². The fourth-order valence-corrected chi connectivity index (χ4v) is 8.76. The van der Waals surface area contributed by atoms with Crippen molar-refractivity contribution in [1.29, 1.82) is 10.5 Å². The lowest BCUT2D eigenvalue weighted by Gasteiger charge is -2.16. The van der Waals surface area contributed by atoms with E-state index in [1.165, 1.54) is 21.5 Å². The highest BCUT2D eigenvalue weighted by Crippen LogP contribution is 2.40. The fraction of sp³-hybridized carbons (Fsp3) is 0. The predicted molar refractivity (Wildman–Crippen MR) is 224 cm³/mol. The number of fused-ring (bicyclic) bond motifs is 9. The first-order valence-electron chi connectivity index (χ1n) is 18.3. The van der Waals surface area contributed by atoms with E-state index in [0.29, 0.717) is 11.1 Å². The van der Waals surface area contributed by atoms with Crippen LogP contribution in [0.4, 0.5) is 0 Å². The van der Waals surface area contributed by atoms with Crippen molar-refractivity contribution in [2.45, 2.75) is 0 Å². The number of hydrogen-bond donors (Lipinski definition) is 0. The van der Waals surface area contributed by atoms with Crippen molar-refractivity contribution in [3.63, 3.8) is 0 Å². The minimum atomic E-state index is 0.559. The van der Waals surface area contributed by atoms with E-state index in [0.717, 1.165) is 72.1 Å². The van der Waals surface area contributed by atoms with Crippen LogP contribution in [0.5, 0.6) is 0 Å². The number of hydrogen-bond acceptors (Lipinski definition) is 2. The lowest BCUT2D eigenvalue weighted by atomic mass is 10.00. The second-order valence-corrected chi connectivity index (χ2v) is 14.0. The van der Waals surface area contributed by atoms with Crippen LogP contribution in [0, 0.1) is 22.7 Å². The molecule has 0 saturated heterocycles. The third-order valence-corrected chi connectivity index (χ3v) is 11.1. The molecule has 0 atom stereocenters. The Morgan fingerprint density at radius 1 is 0.345 bits per heavy atom. The fourth-order valence-electron chi connectivity index (χ4n) is 8.76. The molecule has 0 N–H and O–H groups in total. The Morgan fingerprint density at radius 2 is 0.836 bits per heavy atom. The van der Waals surface area contributed by atoms with Crippen LogP contribution < -0.4 is 0 Å². The van der Waals surface area contributed by atoms with Crippen LogP contribution in [0.15, 0.2) is 176 Å². The first-order chi connectivity index (χ1) is 27.2. The van der Waals surface area contributed by atoms with Crippen molar-refractivity contribution in [3.05, 3.63) is 187 Å². The Bertz CT molecular complexity index is 3360. The number of para-hydroxylation sites is 5. The molecule has 0 bridgehead atoms. The monoisotopic (exact) mass is 699 g/mol. The molecule has 0 aliphatic carbocycles. The molecule has 0 unspecified atom stereocenters. The van der Waals surface area contributed by atoms with Crippen molar-refractivity contribution in [1.82, 2.24) is 13.7 Å². The number of aromatic nitrogens is 3. The summed E-state index contributed by atoms with van der Waals surface area (Å²) >= 11 is 0. The molecule has 0 saturated carbocycles. The molecule has 3 aromatic heterocycles. The molecule has 0 aliphatic heterocycles. The number of nitriles is 2. The smallest absolute Gasteiger partial charge is 0.101 e. The van der Waals surface area contributed by atoms with E-state index >= 15 is 0 Å². The number of rotatable bonds is 4. The van der Waals surface area contributed by atoms with Gasteiger partial charge in [0.15, 0.2) is 0 Å². The van der Waals surface area contributed by atoms with E-state index in [2.05, 4.69) is 177 Å². The average molecular weight is 700 g/mol. The summed E-state index contributed by atoms with van der Waals surface area (Å²) in [4.78, 5) is 0. The minimum Gasteiger partial charge on any atom is -0.309 e. The van der Waals surface area contributed by atoms with Crippen LogP contribution in [0.2, 0.25) is 0 Å². The van der Waals surface area contributed by atoms with E-state index in [1.807, 2.05) is 24.3 Å². The molecule has 0 aliphatic rings. The highest BCUT2D eigenvalue weighted by Gasteiger charge is 2.20. The molecule has 0 fully saturated rings. The van der Waals surface area contributed by atoms with Crippen molar-refractivity contribution in [2.75, 3.05) is 0 Å². The van der Waals surface area contributed by atoms with E-state index in [-0.39, 0.29) is 0 Å². The van der Waals surface area contributed by atoms with E-state index in [4.69, 9.17) is 0 Å². The molecule has 0 radical (unpaired) electrons. The molecule has 11 rings (SSSR count). The van der Waals surface area contributed by atoms with Gasteiger partial charge in [-0.25, -0.2) is 0 Å². The summed E-state index contributed by atoms with van der Waals surface area (Å²) in [6.07, 6.45) is 0. The zero-order chi connectivity index (χ0) is 36.6. The maximum atomic E-state index is 10.8. The van der Waals surface area contributed by atoms with Crippen molar-refractivity contribution < 1.29 is 0 Å². The topological polar surface area (TPSA) is 62.4 Å². The van der Waals surface area contributed by atoms with Crippen LogP contribution in [-0.2, 0) is 0 Å². The Hall–Kier alpha value is -7.86. The van der Waals surface area contributed by atoms with Crippen molar-refractivity contribution in [2.24, 2.45) is 0 Å². The van der Waals surface area contributed by atoms with Crippen LogP contribution in [-0.4, -0.2) is 13.7 Å². The molecule has 11 aromatic rings. The van der Waals surface area contributed by atoms with Gasteiger partial charge in [0.2, 0.25) is 0 Å². The predicted octanol–water partition coefficient (Wildman–Crippen LogP) is 12.4. The SMILES string of the molecule is N#Cc1ccc2c(c1)c1cc(-n3c4ccccc4c4ccccc43)ccc1n2-c1ccc(-c2ccccc2-n2c3ccccc3c3ccccc32)cc1C#N. The summed E-state index contributed by atoms with van der Waals surface area (Å²) < 4.78 is 6.81. The highest BCUT2D eigenvalue weighted by molar-refractivity contribution is 6.13. The Labute approximate surface area is 316 Å².